The van der Waals surface area contributed by atoms with Gasteiger partial charge in [-0.25, -0.2) is 4.57 Å². The largest absolute Gasteiger partial charge is 0.472 e. The zero-order chi connectivity index (χ0) is 45.5. The molecule has 0 radical (unpaired) electrons. The lowest BCUT2D eigenvalue weighted by atomic mass is 10.0. The molecule has 0 saturated carbocycles. The van der Waals surface area contributed by atoms with E-state index in [1.165, 1.54) is 212 Å². The van der Waals surface area contributed by atoms with Crippen molar-refractivity contribution in [2.24, 2.45) is 0 Å². The summed E-state index contributed by atoms with van der Waals surface area (Å²) in [6.07, 6.45) is 54.1. The van der Waals surface area contributed by atoms with Crippen LogP contribution in [0.1, 0.15) is 264 Å². The molecular weight excluding hydrogens is 794 g/mol. The smallest absolute Gasteiger partial charge is 0.457 e. The second kappa shape index (κ2) is 46.8. The summed E-state index contributed by atoms with van der Waals surface area (Å²) in [4.78, 5) is 23.0. The van der Waals surface area contributed by atoms with Gasteiger partial charge < -0.3 is 18.9 Å². The molecule has 0 aliphatic rings. The summed E-state index contributed by atoms with van der Waals surface area (Å²) < 4.78 is 35.2. The average molecular weight is 901 g/mol. The Morgan fingerprint density at radius 2 is 0.839 bits per heavy atom. The Labute approximate surface area is 386 Å². The van der Waals surface area contributed by atoms with Gasteiger partial charge >= 0.3 is 13.8 Å². The highest BCUT2D eigenvalue weighted by Gasteiger charge is 2.26. The number of nitrogens with zero attached hydrogens (tertiary/aromatic N) is 1. The maximum Gasteiger partial charge on any atom is 0.472 e. The third-order valence-corrected chi connectivity index (χ3v) is 13.1. The molecule has 62 heavy (non-hydrogen) atoms. The van der Waals surface area contributed by atoms with Gasteiger partial charge in [-0.2, -0.15) is 0 Å². The van der Waals surface area contributed by atoms with Gasteiger partial charge in [0.2, 0.25) is 0 Å². The molecule has 0 aliphatic heterocycles. The van der Waals surface area contributed by atoms with Crippen molar-refractivity contribution in [3.8, 4) is 0 Å². The van der Waals surface area contributed by atoms with E-state index in [1.807, 2.05) is 21.1 Å². The minimum atomic E-state index is -4.28. The first-order chi connectivity index (χ1) is 30.1. The van der Waals surface area contributed by atoms with Crippen LogP contribution in [0.5, 0.6) is 0 Å². The second-order valence-corrected chi connectivity index (χ2v) is 21.1. The van der Waals surface area contributed by atoms with E-state index in [2.05, 4.69) is 26.0 Å². The first-order valence-electron chi connectivity index (χ1n) is 26.9. The van der Waals surface area contributed by atoms with Crippen molar-refractivity contribution < 1.29 is 37.3 Å². The normalized spacial score (nSPS) is 13.6. The molecule has 0 rings (SSSR count). The van der Waals surface area contributed by atoms with E-state index in [9.17, 15) is 14.3 Å². The minimum Gasteiger partial charge on any atom is -0.457 e. The fourth-order valence-electron chi connectivity index (χ4n) is 7.90. The summed E-state index contributed by atoms with van der Waals surface area (Å²) in [6.45, 7) is 5.67. The number of rotatable bonds is 51. The van der Waals surface area contributed by atoms with Crippen molar-refractivity contribution in [3.63, 3.8) is 0 Å². The standard InChI is InChI=1S/C53H106NO7P/c1-6-8-10-12-14-16-18-20-22-24-25-26-27-28-29-30-32-34-36-38-40-42-44-46-53(55)61-52(51-60-62(56,57)59-49-47-54(3,4)5)50-58-48-45-43-41-39-37-35-33-31-23-21-19-17-15-13-11-9-7-2/h23,31,52H,6-22,24-30,32-51H2,1-5H3/p+1/b31-23-. The Balaban J connectivity index is 4.06. The predicted octanol–water partition coefficient (Wildman–Crippen LogP) is 16.6. The van der Waals surface area contributed by atoms with E-state index >= 15 is 0 Å². The van der Waals surface area contributed by atoms with Gasteiger partial charge in [0.05, 0.1) is 34.4 Å². The molecule has 0 heterocycles. The van der Waals surface area contributed by atoms with Crippen LogP contribution in [0.4, 0.5) is 0 Å². The molecule has 370 valence electrons. The van der Waals surface area contributed by atoms with Crippen molar-refractivity contribution in [1.29, 1.82) is 0 Å². The molecule has 2 atom stereocenters. The minimum absolute atomic E-state index is 0.0911. The van der Waals surface area contributed by atoms with Crippen molar-refractivity contribution in [3.05, 3.63) is 12.2 Å². The summed E-state index contributed by atoms with van der Waals surface area (Å²) in [5.41, 5.74) is 0. The van der Waals surface area contributed by atoms with Crippen LogP contribution in [-0.2, 0) is 27.9 Å². The van der Waals surface area contributed by atoms with Crippen LogP contribution in [0.15, 0.2) is 12.2 Å². The highest BCUT2D eigenvalue weighted by Crippen LogP contribution is 2.43. The van der Waals surface area contributed by atoms with Crippen LogP contribution in [-0.4, -0.2) is 75.6 Å². The number of carbonyl (C=O) groups is 1. The average Bonchev–Trinajstić information content (AvgIpc) is 3.23. The quantitative estimate of drug-likeness (QED) is 0.0214. The van der Waals surface area contributed by atoms with Crippen LogP contribution in [0.3, 0.4) is 0 Å². The van der Waals surface area contributed by atoms with Gasteiger partial charge in [-0.1, -0.05) is 231 Å². The molecule has 9 heteroatoms. The molecule has 0 amide bonds. The zero-order valence-electron chi connectivity index (χ0n) is 42.1. The van der Waals surface area contributed by atoms with Gasteiger partial charge in [-0.05, 0) is 38.5 Å². The predicted molar refractivity (Wildman–Crippen MR) is 266 cm³/mol. The van der Waals surface area contributed by atoms with Gasteiger partial charge in [0.25, 0.3) is 0 Å². The maximum absolute atomic E-state index is 12.8. The fraction of sp³-hybridized carbons (Fsp3) is 0.943. The first kappa shape index (κ1) is 61.2. The topological polar surface area (TPSA) is 91.3 Å². The number of phosphoric acid groups is 1. The number of allylic oxidation sites excluding steroid dienone is 2. The Bertz CT molecular complexity index is 1000. The van der Waals surface area contributed by atoms with Gasteiger partial charge in [-0.3, -0.25) is 13.8 Å². The Hall–Kier alpha value is -0.760. The Kier molecular flexibility index (Phi) is 46.2. The van der Waals surface area contributed by atoms with Crippen LogP contribution in [0.2, 0.25) is 0 Å². The molecule has 0 aromatic heterocycles. The summed E-state index contributed by atoms with van der Waals surface area (Å²) >= 11 is 0. The molecule has 8 nitrogen and oxygen atoms in total. The summed E-state index contributed by atoms with van der Waals surface area (Å²) in [6, 6.07) is 0. The van der Waals surface area contributed by atoms with Crippen LogP contribution in [0.25, 0.3) is 0 Å². The molecule has 0 aromatic rings. The number of quaternary nitrogens is 1. The molecular formula is C53H107NO7P+. The third kappa shape index (κ3) is 50.2. The van der Waals surface area contributed by atoms with E-state index in [1.54, 1.807) is 0 Å². The number of hydrogen-bond donors (Lipinski definition) is 1. The van der Waals surface area contributed by atoms with Crippen LogP contribution in [0, 0.1) is 0 Å². The third-order valence-electron chi connectivity index (χ3n) is 12.1. The van der Waals surface area contributed by atoms with E-state index in [0.717, 1.165) is 32.1 Å². The molecule has 0 aromatic carbocycles. The first-order valence-corrected chi connectivity index (χ1v) is 28.4. The van der Waals surface area contributed by atoms with Gasteiger partial charge in [-0.15, -0.1) is 0 Å². The van der Waals surface area contributed by atoms with Crippen molar-refractivity contribution >= 4 is 13.8 Å². The molecule has 0 aliphatic carbocycles. The monoisotopic (exact) mass is 901 g/mol. The lowest BCUT2D eigenvalue weighted by molar-refractivity contribution is -0.870. The van der Waals surface area contributed by atoms with E-state index < -0.39 is 13.9 Å². The lowest BCUT2D eigenvalue weighted by Gasteiger charge is -2.24. The Morgan fingerprint density at radius 1 is 0.484 bits per heavy atom. The maximum atomic E-state index is 12.8. The molecule has 0 bridgehead atoms. The van der Waals surface area contributed by atoms with E-state index in [0.29, 0.717) is 24.1 Å². The second-order valence-electron chi connectivity index (χ2n) is 19.6. The highest BCUT2D eigenvalue weighted by molar-refractivity contribution is 7.47. The van der Waals surface area contributed by atoms with Crippen LogP contribution >= 0.6 is 7.82 Å². The van der Waals surface area contributed by atoms with E-state index in [4.69, 9.17) is 18.5 Å². The molecule has 2 unspecified atom stereocenters. The number of unbranched alkanes of at least 4 members (excludes halogenated alkanes) is 35. The number of ether oxygens (including phenoxy) is 2. The number of carbonyl (C=O) groups excluding carboxylic acids is 1. The molecule has 1 N–H and O–H groups in total. The SMILES string of the molecule is CCCCCCCCC/C=C\CCCCCCCCOCC(COP(=O)(O)OCC[N+](C)(C)C)OC(=O)CCCCCCCCCCCCCCCCCCCCCCCCC. The highest BCUT2D eigenvalue weighted by atomic mass is 31.2. The number of likely N-dealkylation sites (N-methyl/N-ethyl adjacent to an activating group) is 1. The fourth-order valence-corrected chi connectivity index (χ4v) is 8.65. The van der Waals surface area contributed by atoms with Gasteiger partial charge in [0, 0.05) is 13.0 Å². The number of esters is 1. The zero-order valence-corrected chi connectivity index (χ0v) is 43.0. The number of phosphoric ester groups is 1. The van der Waals surface area contributed by atoms with Crippen LogP contribution < -0.4 is 0 Å². The van der Waals surface area contributed by atoms with Gasteiger partial charge in [0.15, 0.2) is 0 Å². The lowest BCUT2D eigenvalue weighted by Crippen LogP contribution is -2.37. The number of hydrogen-bond acceptors (Lipinski definition) is 6. The summed E-state index contributed by atoms with van der Waals surface area (Å²) in [5.74, 6) is -0.308. The van der Waals surface area contributed by atoms with Crippen molar-refractivity contribution in [2.75, 3.05) is 54.1 Å². The molecule has 0 saturated heterocycles. The Morgan fingerprint density at radius 3 is 1.23 bits per heavy atom. The summed E-state index contributed by atoms with van der Waals surface area (Å²) in [7, 11) is 1.68. The molecule has 0 fully saturated rings. The van der Waals surface area contributed by atoms with Crippen molar-refractivity contribution in [2.45, 2.75) is 270 Å². The van der Waals surface area contributed by atoms with Gasteiger partial charge in [0.1, 0.15) is 19.3 Å². The summed E-state index contributed by atoms with van der Waals surface area (Å²) in [5, 5.41) is 0. The molecule has 0 spiro atoms. The van der Waals surface area contributed by atoms with E-state index in [-0.39, 0.29) is 25.8 Å². The van der Waals surface area contributed by atoms with Crippen molar-refractivity contribution in [1.82, 2.24) is 0 Å².